The summed E-state index contributed by atoms with van der Waals surface area (Å²) in [6.45, 7) is 1.34. The first-order valence-corrected chi connectivity index (χ1v) is 6.00. The molecule has 6 nitrogen and oxygen atoms in total. The van der Waals surface area contributed by atoms with Crippen molar-refractivity contribution >= 4 is 17.8 Å². The van der Waals surface area contributed by atoms with Crippen LogP contribution in [0, 0.1) is 18.6 Å². The van der Waals surface area contributed by atoms with Crippen LogP contribution in [0.2, 0.25) is 0 Å². The number of rotatable bonds is 6. The Labute approximate surface area is 118 Å². The Hall–Kier alpha value is -2.51. The van der Waals surface area contributed by atoms with Gasteiger partial charge in [-0.2, -0.15) is 0 Å². The molecular weight excluding hydrogens is 286 g/mol. The number of nitrogens with one attached hydrogen (secondary N) is 1. The number of amides is 2. The molecule has 0 saturated heterocycles. The van der Waals surface area contributed by atoms with Crippen LogP contribution in [0.5, 0.6) is 0 Å². The van der Waals surface area contributed by atoms with Crippen molar-refractivity contribution in [3.05, 3.63) is 34.9 Å². The van der Waals surface area contributed by atoms with Crippen LogP contribution in [0.3, 0.4) is 0 Å². The number of primary amides is 1. The maximum absolute atomic E-state index is 13.5. The molecule has 0 unspecified atom stereocenters. The summed E-state index contributed by atoms with van der Waals surface area (Å²) in [4.78, 5) is 33.4. The van der Waals surface area contributed by atoms with Gasteiger partial charge in [-0.25, -0.2) is 13.6 Å². The van der Waals surface area contributed by atoms with E-state index in [-0.39, 0.29) is 18.4 Å². The first-order valence-electron chi connectivity index (χ1n) is 6.00. The van der Waals surface area contributed by atoms with Gasteiger partial charge >= 0.3 is 5.97 Å². The van der Waals surface area contributed by atoms with Crippen molar-refractivity contribution in [1.29, 1.82) is 0 Å². The molecule has 0 aliphatic heterocycles. The van der Waals surface area contributed by atoms with Crippen LogP contribution >= 0.6 is 0 Å². The van der Waals surface area contributed by atoms with Gasteiger partial charge in [0.05, 0.1) is 5.56 Å². The molecule has 0 aliphatic rings. The topological polar surface area (TPSA) is 109 Å². The van der Waals surface area contributed by atoms with Gasteiger partial charge in [-0.3, -0.25) is 9.59 Å². The molecule has 0 heterocycles. The molecular formula is C13H14F2N2O4. The Kier molecular flexibility index (Phi) is 5.34. The zero-order chi connectivity index (χ0) is 16.2. The predicted molar refractivity (Wildman–Crippen MR) is 68.4 cm³/mol. The number of aryl methyl sites for hydroxylation is 1. The minimum atomic E-state index is -1.39. The van der Waals surface area contributed by atoms with Crippen molar-refractivity contribution in [2.75, 3.05) is 0 Å². The summed E-state index contributed by atoms with van der Waals surface area (Å²) in [6, 6.07) is 0.130. The Morgan fingerprint density at radius 1 is 1.29 bits per heavy atom. The standard InChI is InChI=1S/C13H14F2N2O4/c1-6-4-7(9(15)5-8(6)14)12(19)17-10(13(20)21)2-3-11(16)18/h4-5,10H,2-3H2,1H3,(H2,16,18)(H,17,19)(H,20,21)/t10-/m0/s1. The van der Waals surface area contributed by atoms with Gasteiger partial charge in [0, 0.05) is 12.5 Å². The SMILES string of the molecule is Cc1cc(C(=O)N[C@@H](CCC(N)=O)C(=O)O)c(F)cc1F. The molecule has 0 bridgehead atoms. The number of carbonyl (C=O) groups excluding carboxylic acids is 2. The molecule has 0 spiro atoms. The number of benzene rings is 1. The van der Waals surface area contributed by atoms with Gasteiger partial charge in [0.25, 0.3) is 5.91 Å². The van der Waals surface area contributed by atoms with E-state index >= 15 is 0 Å². The van der Waals surface area contributed by atoms with Crippen LogP contribution in [0.25, 0.3) is 0 Å². The second-order valence-electron chi connectivity index (χ2n) is 4.45. The molecule has 1 atom stereocenters. The fraction of sp³-hybridized carbons (Fsp3) is 0.308. The smallest absolute Gasteiger partial charge is 0.326 e. The number of nitrogens with two attached hydrogens (primary N) is 1. The minimum Gasteiger partial charge on any atom is -0.480 e. The van der Waals surface area contributed by atoms with Crippen LogP contribution in [0.15, 0.2) is 12.1 Å². The average Bonchev–Trinajstić information content (AvgIpc) is 2.37. The van der Waals surface area contributed by atoms with Crippen molar-refractivity contribution in [2.24, 2.45) is 5.73 Å². The summed E-state index contributed by atoms with van der Waals surface area (Å²) in [5.41, 5.74) is 4.47. The molecule has 4 N–H and O–H groups in total. The van der Waals surface area contributed by atoms with Gasteiger partial charge < -0.3 is 16.2 Å². The van der Waals surface area contributed by atoms with Gasteiger partial charge in [-0.15, -0.1) is 0 Å². The molecule has 21 heavy (non-hydrogen) atoms. The van der Waals surface area contributed by atoms with Crippen molar-refractivity contribution in [1.82, 2.24) is 5.32 Å². The lowest BCUT2D eigenvalue weighted by atomic mass is 10.1. The molecule has 0 radical (unpaired) electrons. The van der Waals surface area contributed by atoms with E-state index in [1.54, 1.807) is 0 Å². The number of hydrogen-bond acceptors (Lipinski definition) is 3. The number of carbonyl (C=O) groups is 3. The molecule has 1 aromatic rings. The second kappa shape index (κ2) is 6.78. The molecule has 1 aromatic carbocycles. The van der Waals surface area contributed by atoms with Gasteiger partial charge in [0.2, 0.25) is 5.91 Å². The number of aliphatic carboxylic acids is 1. The van der Waals surface area contributed by atoms with Crippen LogP contribution in [-0.2, 0) is 9.59 Å². The fourth-order valence-electron chi connectivity index (χ4n) is 1.61. The van der Waals surface area contributed by atoms with Crippen LogP contribution < -0.4 is 11.1 Å². The van der Waals surface area contributed by atoms with E-state index < -0.39 is 41.0 Å². The van der Waals surface area contributed by atoms with Crippen molar-refractivity contribution in [3.63, 3.8) is 0 Å². The highest BCUT2D eigenvalue weighted by atomic mass is 19.1. The summed E-state index contributed by atoms with van der Waals surface area (Å²) in [6.07, 6.45) is -0.472. The van der Waals surface area contributed by atoms with Crippen LogP contribution in [-0.4, -0.2) is 28.9 Å². The molecule has 0 fully saturated rings. The predicted octanol–water partition coefficient (Wildman–Crippen LogP) is 0.722. The molecule has 0 aliphatic carbocycles. The van der Waals surface area contributed by atoms with Crippen molar-refractivity contribution in [2.45, 2.75) is 25.8 Å². The third kappa shape index (κ3) is 4.51. The Morgan fingerprint density at radius 3 is 2.43 bits per heavy atom. The van der Waals surface area contributed by atoms with E-state index in [0.29, 0.717) is 6.07 Å². The lowest BCUT2D eigenvalue weighted by Crippen LogP contribution is -2.41. The van der Waals surface area contributed by atoms with Gasteiger partial charge in [0.1, 0.15) is 17.7 Å². The third-order valence-electron chi connectivity index (χ3n) is 2.78. The highest BCUT2D eigenvalue weighted by Gasteiger charge is 2.23. The minimum absolute atomic E-state index is 0.0468. The Bertz CT molecular complexity index is 590. The molecule has 0 aromatic heterocycles. The summed E-state index contributed by atoms with van der Waals surface area (Å²) in [7, 11) is 0. The van der Waals surface area contributed by atoms with E-state index in [0.717, 1.165) is 6.07 Å². The second-order valence-corrected chi connectivity index (χ2v) is 4.45. The maximum atomic E-state index is 13.5. The lowest BCUT2D eigenvalue weighted by molar-refractivity contribution is -0.139. The Balaban J connectivity index is 2.89. The normalized spacial score (nSPS) is 11.8. The monoisotopic (exact) mass is 300 g/mol. The Morgan fingerprint density at radius 2 is 1.90 bits per heavy atom. The first kappa shape index (κ1) is 16.5. The molecule has 1 rings (SSSR count). The molecule has 2 amide bonds. The van der Waals surface area contributed by atoms with Crippen LogP contribution in [0.1, 0.15) is 28.8 Å². The van der Waals surface area contributed by atoms with Gasteiger partial charge in [-0.05, 0) is 25.0 Å². The third-order valence-corrected chi connectivity index (χ3v) is 2.78. The molecule has 8 heteroatoms. The molecule has 0 saturated carbocycles. The van der Waals surface area contributed by atoms with Crippen molar-refractivity contribution in [3.8, 4) is 0 Å². The zero-order valence-corrected chi connectivity index (χ0v) is 11.2. The van der Waals surface area contributed by atoms with E-state index in [4.69, 9.17) is 10.8 Å². The van der Waals surface area contributed by atoms with Crippen LogP contribution in [0.4, 0.5) is 8.78 Å². The van der Waals surface area contributed by atoms with E-state index in [1.807, 2.05) is 0 Å². The number of carboxylic acid groups (broad SMARTS) is 1. The summed E-state index contributed by atoms with van der Waals surface area (Å²) >= 11 is 0. The largest absolute Gasteiger partial charge is 0.480 e. The number of hydrogen-bond donors (Lipinski definition) is 3. The summed E-state index contributed by atoms with van der Waals surface area (Å²) in [5, 5.41) is 11.0. The highest BCUT2D eigenvalue weighted by molar-refractivity contribution is 5.97. The fourth-order valence-corrected chi connectivity index (χ4v) is 1.61. The number of halogens is 2. The van der Waals surface area contributed by atoms with Crippen molar-refractivity contribution < 1.29 is 28.3 Å². The highest BCUT2D eigenvalue weighted by Crippen LogP contribution is 2.14. The summed E-state index contributed by atoms with van der Waals surface area (Å²) in [5.74, 6) is -5.03. The van der Waals surface area contributed by atoms with E-state index in [1.165, 1.54) is 6.92 Å². The van der Waals surface area contributed by atoms with Gasteiger partial charge in [-0.1, -0.05) is 0 Å². The quantitative estimate of drug-likeness (QED) is 0.719. The average molecular weight is 300 g/mol. The number of carboxylic acids is 1. The zero-order valence-electron chi connectivity index (χ0n) is 11.2. The van der Waals surface area contributed by atoms with Gasteiger partial charge in [0.15, 0.2) is 0 Å². The maximum Gasteiger partial charge on any atom is 0.326 e. The molecule has 114 valence electrons. The van der Waals surface area contributed by atoms with E-state index in [9.17, 15) is 23.2 Å². The van der Waals surface area contributed by atoms with E-state index in [2.05, 4.69) is 5.32 Å². The first-order chi connectivity index (χ1) is 9.72. The lowest BCUT2D eigenvalue weighted by Gasteiger charge is -2.14. The summed E-state index contributed by atoms with van der Waals surface area (Å²) < 4.78 is 26.6.